The molecule has 0 fully saturated rings. The van der Waals surface area contributed by atoms with Crippen molar-refractivity contribution in [3.63, 3.8) is 0 Å². The number of hydrogen-bond acceptors (Lipinski definition) is 5. The smallest absolute Gasteiger partial charge is 0.341 e. The minimum atomic E-state index is -0.915. The minimum absolute atomic E-state index is 0.0883. The lowest BCUT2D eigenvalue weighted by atomic mass is 9.99. The number of hydrogen-bond donors (Lipinski definition) is 1. The average Bonchev–Trinajstić information content (AvgIpc) is 2.55. The molecule has 0 aliphatic heterocycles. The molecular weight excluding hydrogens is 322 g/mol. The lowest BCUT2D eigenvalue weighted by molar-refractivity contribution is -0.139. The highest BCUT2D eigenvalue weighted by Gasteiger charge is 2.33. The molecule has 1 amide bonds. The molecule has 0 bridgehead atoms. The minimum Gasteiger partial charge on any atom is -0.490 e. The van der Waals surface area contributed by atoms with E-state index >= 15 is 0 Å². The van der Waals surface area contributed by atoms with Crippen molar-refractivity contribution in [1.82, 2.24) is 0 Å². The van der Waals surface area contributed by atoms with E-state index in [-0.39, 0.29) is 17.6 Å². The van der Waals surface area contributed by atoms with E-state index in [0.717, 1.165) is 6.42 Å². The number of benzene rings is 1. The quantitative estimate of drug-likeness (QED) is 0.685. The van der Waals surface area contributed by atoms with Crippen LogP contribution in [0.15, 0.2) is 18.2 Å². The molecule has 0 aliphatic rings. The first-order chi connectivity index (χ1) is 11.8. The van der Waals surface area contributed by atoms with E-state index in [1.165, 1.54) is 7.11 Å². The van der Waals surface area contributed by atoms with Gasteiger partial charge in [0.15, 0.2) is 0 Å². The summed E-state index contributed by atoms with van der Waals surface area (Å²) in [4.78, 5) is 24.7. The van der Waals surface area contributed by atoms with Crippen LogP contribution in [0.25, 0.3) is 0 Å². The Balaban J connectivity index is 3.09. The van der Waals surface area contributed by atoms with Gasteiger partial charge in [0.2, 0.25) is 0 Å². The second kappa shape index (κ2) is 9.42. The highest BCUT2D eigenvalue weighted by Crippen LogP contribution is 2.26. The molecule has 0 unspecified atom stereocenters. The summed E-state index contributed by atoms with van der Waals surface area (Å²) in [6.45, 7) is 9.81. The van der Waals surface area contributed by atoms with Crippen LogP contribution in [0.4, 0.5) is 5.69 Å². The van der Waals surface area contributed by atoms with E-state index in [1.807, 2.05) is 27.7 Å². The Morgan fingerprint density at radius 1 is 1.24 bits per heavy atom. The molecule has 0 heterocycles. The predicted molar refractivity (Wildman–Crippen MR) is 97.1 cm³/mol. The Labute approximate surface area is 149 Å². The monoisotopic (exact) mass is 351 g/mol. The normalized spacial score (nSPS) is 13.2. The van der Waals surface area contributed by atoms with E-state index in [9.17, 15) is 9.59 Å². The summed E-state index contributed by atoms with van der Waals surface area (Å²) < 4.78 is 16.1. The van der Waals surface area contributed by atoms with Crippen LogP contribution in [0, 0.1) is 0 Å². The standard InChI is InChI=1S/C19H29NO5/c1-7-11-19(5,24-8-2)18(22)20-14-9-10-16(25-13(3)4)15(12-14)17(21)23-6/h9-10,12-13H,7-8,11H2,1-6H3,(H,20,22)/t19-/m0/s1. The van der Waals surface area contributed by atoms with Crippen molar-refractivity contribution in [3.8, 4) is 5.75 Å². The zero-order valence-corrected chi connectivity index (χ0v) is 16.0. The summed E-state index contributed by atoms with van der Waals surface area (Å²) >= 11 is 0. The van der Waals surface area contributed by atoms with E-state index in [2.05, 4.69) is 5.32 Å². The Morgan fingerprint density at radius 3 is 2.44 bits per heavy atom. The highest BCUT2D eigenvalue weighted by atomic mass is 16.5. The van der Waals surface area contributed by atoms with Crippen molar-refractivity contribution in [2.75, 3.05) is 19.0 Å². The summed E-state index contributed by atoms with van der Waals surface area (Å²) in [5.41, 5.74) is -0.159. The van der Waals surface area contributed by atoms with Gasteiger partial charge < -0.3 is 19.5 Å². The first-order valence-electron chi connectivity index (χ1n) is 8.61. The molecule has 0 saturated carbocycles. The van der Waals surface area contributed by atoms with Gasteiger partial charge in [0, 0.05) is 12.3 Å². The van der Waals surface area contributed by atoms with Gasteiger partial charge in [-0.1, -0.05) is 13.3 Å². The number of carbonyl (C=O) groups is 2. The molecule has 0 aliphatic carbocycles. The highest BCUT2D eigenvalue weighted by molar-refractivity contribution is 5.99. The van der Waals surface area contributed by atoms with Crippen LogP contribution in [-0.4, -0.2) is 37.3 Å². The number of rotatable bonds is 9. The van der Waals surface area contributed by atoms with E-state index in [0.29, 0.717) is 24.5 Å². The molecule has 140 valence electrons. The molecule has 0 saturated heterocycles. The van der Waals surface area contributed by atoms with Crippen molar-refractivity contribution in [2.45, 2.75) is 59.2 Å². The van der Waals surface area contributed by atoms with Gasteiger partial charge in [0.1, 0.15) is 16.9 Å². The Bertz CT molecular complexity index is 591. The molecule has 1 aromatic rings. The predicted octanol–water partition coefficient (Wildman–Crippen LogP) is 3.79. The number of anilines is 1. The molecule has 0 spiro atoms. The van der Waals surface area contributed by atoms with Crippen LogP contribution in [0.1, 0.15) is 57.8 Å². The summed E-state index contributed by atoms with van der Waals surface area (Å²) in [6.07, 6.45) is 1.33. The van der Waals surface area contributed by atoms with Crippen LogP contribution < -0.4 is 10.1 Å². The molecule has 6 heteroatoms. The first-order valence-corrected chi connectivity index (χ1v) is 8.61. The maximum atomic E-state index is 12.6. The fourth-order valence-electron chi connectivity index (χ4n) is 2.54. The maximum Gasteiger partial charge on any atom is 0.341 e. The molecule has 1 aromatic carbocycles. The summed E-state index contributed by atoms with van der Waals surface area (Å²) in [5, 5.41) is 2.82. The van der Waals surface area contributed by atoms with Crippen molar-refractivity contribution < 1.29 is 23.8 Å². The topological polar surface area (TPSA) is 73.9 Å². The fraction of sp³-hybridized carbons (Fsp3) is 0.579. The third-order valence-corrected chi connectivity index (χ3v) is 3.68. The Kier molecular flexibility index (Phi) is 7.90. The van der Waals surface area contributed by atoms with Gasteiger partial charge in [-0.05, 0) is 52.3 Å². The van der Waals surface area contributed by atoms with Gasteiger partial charge >= 0.3 is 5.97 Å². The van der Waals surface area contributed by atoms with Crippen molar-refractivity contribution in [2.24, 2.45) is 0 Å². The maximum absolute atomic E-state index is 12.6. The lowest BCUT2D eigenvalue weighted by Gasteiger charge is -2.28. The number of amides is 1. The zero-order chi connectivity index (χ0) is 19.0. The molecule has 0 radical (unpaired) electrons. The SMILES string of the molecule is CCC[C@](C)(OCC)C(=O)Nc1ccc(OC(C)C)c(C(=O)OC)c1. The molecular formula is C19H29NO5. The second-order valence-corrected chi connectivity index (χ2v) is 6.24. The lowest BCUT2D eigenvalue weighted by Crippen LogP contribution is -2.42. The van der Waals surface area contributed by atoms with E-state index < -0.39 is 11.6 Å². The number of ether oxygens (including phenoxy) is 3. The first kappa shape index (κ1) is 21.0. The molecule has 25 heavy (non-hydrogen) atoms. The van der Waals surface area contributed by atoms with Crippen LogP contribution in [0.3, 0.4) is 0 Å². The van der Waals surface area contributed by atoms with E-state index in [1.54, 1.807) is 25.1 Å². The number of methoxy groups -OCH3 is 1. The Hall–Kier alpha value is -2.08. The van der Waals surface area contributed by atoms with Gasteiger partial charge in [-0.2, -0.15) is 0 Å². The number of esters is 1. The van der Waals surface area contributed by atoms with E-state index in [4.69, 9.17) is 14.2 Å². The Morgan fingerprint density at radius 2 is 1.92 bits per heavy atom. The molecule has 0 aromatic heterocycles. The van der Waals surface area contributed by atoms with Gasteiger partial charge in [-0.3, -0.25) is 4.79 Å². The van der Waals surface area contributed by atoms with Gasteiger partial charge in [0.05, 0.1) is 13.2 Å². The van der Waals surface area contributed by atoms with Crippen molar-refractivity contribution in [1.29, 1.82) is 0 Å². The van der Waals surface area contributed by atoms with Crippen molar-refractivity contribution >= 4 is 17.6 Å². The van der Waals surface area contributed by atoms with Crippen LogP contribution in [-0.2, 0) is 14.3 Å². The zero-order valence-electron chi connectivity index (χ0n) is 16.0. The average molecular weight is 351 g/mol. The summed E-state index contributed by atoms with van der Waals surface area (Å²) in [6, 6.07) is 4.90. The summed E-state index contributed by atoms with van der Waals surface area (Å²) in [7, 11) is 1.31. The summed E-state index contributed by atoms with van der Waals surface area (Å²) in [5.74, 6) is -0.349. The van der Waals surface area contributed by atoms with Gasteiger partial charge in [0.25, 0.3) is 5.91 Å². The van der Waals surface area contributed by atoms with Crippen LogP contribution in [0.2, 0.25) is 0 Å². The van der Waals surface area contributed by atoms with Crippen LogP contribution >= 0.6 is 0 Å². The second-order valence-electron chi connectivity index (χ2n) is 6.24. The molecule has 1 rings (SSSR count). The molecule has 1 N–H and O–H groups in total. The number of carbonyl (C=O) groups excluding carboxylic acids is 2. The fourth-order valence-corrected chi connectivity index (χ4v) is 2.54. The van der Waals surface area contributed by atoms with Gasteiger partial charge in [-0.25, -0.2) is 4.79 Å². The molecule has 6 nitrogen and oxygen atoms in total. The number of nitrogens with one attached hydrogen (secondary N) is 1. The largest absolute Gasteiger partial charge is 0.490 e. The van der Waals surface area contributed by atoms with Crippen molar-refractivity contribution in [3.05, 3.63) is 23.8 Å². The molecule has 1 atom stereocenters. The van der Waals surface area contributed by atoms with Gasteiger partial charge in [-0.15, -0.1) is 0 Å². The third-order valence-electron chi connectivity index (χ3n) is 3.68. The third kappa shape index (κ3) is 5.74. The van der Waals surface area contributed by atoms with Crippen LogP contribution in [0.5, 0.6) is 5.75 Å².